The van der Waals surface area contributed by atoms with E-state index in [2.05, 4.69) is 38.1 Å². The second-order valence-corrected chi connectivity index (χ2v) is 6.30. The summed E-state index contributed by atoms with van der Waals surface area (Å²) in [6.45, 7) is 4.30. The molecule has 2 N–H and O–H groups in total. The van der Waals surface area contributed by atoms with Gasteiger partial charge in [-0.2, -0.15) is 0 Å². The van der Waals surface area contributed by atoms with E-state index in [0.717, 1.165) is 28.4 Å². The number of hydrogen-bond acceptors (Lipinski definition) is 3. The molecule has 0 aliphatic carbocycles. The van der Waals surface area contributed by atoms with Crippen LogP contribution >= 0.6 is 11.3 Å². The fourth-order valence-corrected chi connectivity index (χ4v) is 3.25. The maximum atomic E-state index is 5.74. The number of aromatic nitrogens is 1. The maximum absolute atomic E-state index is 5.74. The molecule has 0 saturated carbocycles. The summed E-state index contributed by atoms with van der Waals surface area (Å²) in [4.78, 5) is 6.05. The zero-order valence-corrected chi connectivity index (χ0v) is 13.1. The lowest BCUT2D eigenvalue weighted by Gasteiger charge is -2.01. The predicted octanol–water partition coefficient (Wildman–Crippen LogP) is 4.93. The number of thiazole rings is 1. The van der Waals surface area contributed by atoms with Crippen molar-refractivity contribution in [3.63, 3.8) is 0 Å². The van der Waals surface area contributed by atoms with Crippen molar-refractivity contribution in [2.24, 2.45) is 0 Å². The molecule has 0 atom stereocenters. The second-order valence-electron chi connectivity index (χ2n) is 5.10. The molecule has 2 aromatic carbocycles. The molecule has 0 bridgehead atoms. The maximum Gasteiger partial charge on any atom is 0.124 e. The van der Waals surface area contributed by atoms with Crippen LogP contribution in [0.15, 0.2) is 48.5 Å². The highest BCUT2D eigenvalue weighted by Crippen LogP contribution is 2.33. The number of aryl methyl sites for hydroxylation is 2. The number of nitrogen functional groups attached to an aromatic ring is 1. The van der Waals surface area contributed by atoms with Crippen molar-refractivity contribution in [2.45, 2.75) is 20.3 Å². The first-order chi connectivity index (χ1) is 10.2. The molecule has 1 aromatic heterocycles. The molecule has 0 spiro atoms. The van der Waals surface area contributed by atoms with E-state index < -0.39 is 0 Å². The third kappa shape index (κ3) is 2.83. The first-order valence-electron chi connectivity index (χ1n) is 7.10. The van der Waals surface area contributed by atoms with Crippen molar-refractivity contribution < 1.29 is 0 Å². The van der Waals surface area contributed by atoms with Crippen molar-refractivity contribution >= 4 is 17.0 Å². The van der Waals surface area contributed by atoms with Crippen molar-refractivity contribution in [2.75, 3.05) is 5.73 Å². The Morgan fingerprint density at radius 1 is 0.952 bits per heavy atom. The molecular formula is C18H18N2S. The van der Waals surface area contributed by atoms with Crippen molar-refractivity contribution in [3.05, 3.63) is 59.0 Å². The molecule has 0 amide bonds. The van der Waals surface area contributed by atoms with E-state index in [1.165, 1.54) is 16.0 Å². The van der Waals surface area contributed by atoms with Gasteiger partial charge in [0.1, 0.15) is 5.01 Å². The van der Waals surface area contributed by atoms with Gasteiger partial charge in [-0.05, 0) is 43.2 Å². The van der Waals surface area contributed by atoms with Gasteiger partial charge in [0.25, 0.3) is 0 Å². The Kier molecular flexibility index (Phi) is 3.76. The van der Waals surface area contributed by atoms with E-state index in [9.17, 15) is 0 Å². The summed E-state index contributed by atoms with van der Waals surface area (Å²) in [6.07, 6.45) is 1.06. The minimum absolute atomic E-state index is 0.780. The highest BCUT2D eigenvalue weighted by Gasteiger charge is 2.11. The molecule has 0 unspecified atom stereocenters. The van der Waals surface area contributed by atoms with Gasteiger partial charge in [-0.3, -0.25) is 0 Å². The second kappa shape index (κ2) is 5.70. The monoisotopic (exact) mass is 294 g/mol. The van der Waals surface area contributed by atoms with Crippen LogP contribution < -0.4 is 5.73 Å². The molecule has 2 nitrogen and oxygen atoms in total. The van der Waals surface area contributed by atoms with Gasteiger partial charge in [0.05, 0.1) is 5.69 Å². The Morgan fingerprint density at radius 3 is 2.19 bits per heavy atom. The van der Waals surface area contributed by atoms with E-state index in [4.69, 9.17) is 10.7 Å². The molecular weight excluding hydrogens is 276 g/mol. The summed E-state index contributed by atoms with van der Waals surface area (Å²) in [7, 11) is 0. The molecule has 3 heteroatoms. The number of rotatable bonds is 3. The van der Waals surface area contributed by atoms with Crippen LogP contribution in [0.25, 0.3) is 21.8 Å². The molecule has 3 rings (SSSR count). The number of hydrogen-bond donors (Lipinski definition) is 1. The Hall–Kier alpha value is -2.13. The average molecular weight is 294 g/mol. The zero-order chi connectivity index (χ0) is 14.8. The quantitative estimate of drug-likeness (QED) is 0.696. The van der Waals surface area contributed by atoms with Crippen LogP contribution in [0.5, 0.6) is 0 Å². The highest BCUT2D eigenvalue weighted by atomic mass is 32.1. The molecule has 0 saturated heterocycles. The lowest BCUT2D eigenvalue weighted by atomic mass is 10.1. The predicted molar refractivity (Wildman–Crippen MR) is 91.5 cm³/mol. The molecule has 0 fully saturated rings. The fourth-order valence-electron chi connectivity index (χ4n) is 2.31. The third-order valence-corrected chi connectivity index (χ3v) is 4.61. The van der Waals surface area contributed by atoms with Gasteiger partial charge < -0.3 is 5.73 Å². The molecule has 1 heterocycles. The number of nitrogens with zero attached hydrogens (tertiary/aromatic N) is 1. The Labute approximate surface area is 129 Å². The topological polar surface area (TPSA) is 38.9 Å². The van der Waals surface area contributed by atoms with Crippen molar-refractivity contribution in [1.29, 1.82) is 0 Å². The zero-order valence-electron chi connectivity index (χ0n) is 12.3. The number of anilines is 1. The van der Waals surface area contributed by atoms with Gasteiger partial charge in [-0.25, -0.2) is 4.98 Å². The van der Waals surface area contributed by atoms with Crippen LogP contribution in [0.3, 0.4) is 0 Å². The molecule has 0 radical (unpaired) electrons. The first-order valence-corrected chi connectivity index (χ1v) is 7.91. The summed E-state index contributed by atoms with van der Waals surface area (Å²) in [6, 6.07) is 16.6. The Balaban J connectivity index is 1.98. The largest absolute Gasteiger partial charge is 0.399 e. The smallest absolute Gasteiger partial charge is 0.124 e. The minimum atomic E-state index is 0.780. The SMILES string of the molecule is CCc1ccc(-c2nc(-c3ccc(N)cc3)sc2C)cc1. The Morgan fingerprint density at radius 2 is 1.57 bits per heavy atom. The van der Waals surface area contributed by atoms with Crippen LogP contribution in [-0.2, 0) is 6.42 Å². The van der Waals surface area contributed by atoms with Crippen LogP contribution in [0.1, 0.15) is 17.4 Å². The summed E-state index contributed by atoms with van der Waals surface area (Å²) in [5.74, 6) is 0. The van der Waals surface area contributed by atoms with Gasteiger partial charge in [0, 0.05) is 21.7 Å². The Bertz CT molecular complexity index is 740. The van der Waals surface area contributed by atoms with E-state index in [1.54, 1.807) is 11.3 Å². The minimum Gasteiger partial charge on any atom is -0.399 e. The number of nitrogens with two attached hydrogens (primary N) is 1. The van der Waals surface area contributed by atoms with Crippen LogP contribution in [0.4, 0.5) is 5.69 Å². The summed E-state index contributed by atoms with van der Waals surface area (Å²) in [5, 5.41) is 1.04. The fraction of sp³-hybridized carbons (Fsp3) is 0.167. The van der Waals surface area contributed by atoms with Crippen LogP contribution in [0, 0.1) is 6.92 Å². The lowest BCUT2D eigenvalue weighted by molar-refractivity contribution is 1.14. The van der Waals surface area contributed by atoms with Crippen LogP contribution in [-0.4, -0.2) is 4.98 Å². The van der Waals surface area contributed by atoms with Gasteiger partial charge >= 0.3 is 0 Å². The van der Waals surface area contributed by atoms with Gasteiger partial charge in [-0.15, -0.1) is 11.3 Å². The first kappa shape index (κ1) is 13.8. The normalized spacial score (nSPS) is 10.8. The van der Waals surface area contributed by atoms with Crippen LogP contribution in [0.2, 0.25) is 0 Å². The third-order valence-electron chi connectivity index (χ3n) is 3.59. The van der Waals surface area contributed by atoms with Crippen molar-refractivity contribution in [3.8, 4) is 21.8 Å². The highest BCUT2D eigenvalue weighted by molar-refractivity contribution is 7.15. The van der Waals surface area contributed by atoms with Gasteiger partial charge in [0.15, 0.2) is 0 Å². The summed E-state index contributed by atoms with van der Waals surface area (Å²) >= 11 is 1.73. The molecule has 106 valence electrons. The summed E-state index contributed by atoms with van der Waals surface area (Å²) < 4.78 is 0. The van der Waals surface area contributed by atoms with E-state index >= 15 is 0 Å². The van der Waals surface area contributed by atoms with Crippen molar-refractivity contribution in [1.82, 2.24) is 4.98 Å². The van der Waals surface area contributed by atoms with Gasteiger partial charge in [0.2, 0.25) is 0 Å². The molecule has 0 aliphatic heterocycles. The van der Waals surface area contributed by atoms with E-state index in [-0.39, 0.29) is 0 Å². The standard InChI is InChI=1S/C18H18N2S/c1-3-13-4-6-14(7-5-13)17-12(2)21-18(20-17)15-8-10-16(19)11-9-15/h4-11H,3,19H2,1-2H3. The number of benzene rings is 2. The average Bonchev–Trinajstić information content (AvgIpc) is 2.90. The van der Waals surface area contributed by atoms with E-state index in [1.807, 2.05) is 24.3 Å². The summed E-state index contributed by atoms with van der Waals surface area (Å²) in [5.41, 5.74) is 11.3. The van der Waals surface area contributed by atoms with E-state index in [0.29, 0.717) is 0 Å². The lowest BCUT2D eigenvalue weighted by Crippen LogP contribution is -1.85. The van der Waals surface area contributed by atoms with Gasteiger partial charge in [-0.1, -0.05) is 31.2 Å². The molecule has 0 aliphatic rings. The molecule has 3 aromatic rings. The molecule has 21 heavy (non-hydrogen) atoms.